The Labute approximate surface area is 164 Å². The lowest BCUT2D eigenvalue weighted by atomic mass is 10.1. The number of hydrogen-bond donors (Lipinski definition) is 1. The van der Waals surface area contributed by atoms with Crippen LogP contribution in [-0.4, -0.2) is 47.0 Å². The summed E-state index contributed by atoms with van der Waals surface area (Å²) in [7, 11) is 0. The van der Waals surface area contributed by atoms with E-state index >= 15 is 0 Å². The number of thiocarbonyl (C=S) groups is 1. The van der Waals surface area contributed by atoms with Gasteiger partial charge in [-0.15, -0.1) is 0 Å². The first-order valence-electron chi connectivity index (χ1n) is 8.62. The van der Waals surface area contributed by atoms with E-state index in [-0.39, 0.29) is 5.91 Å². The van der Waals surface area contributed by atoms with Gasteiger partial charge < -0.3 is 15.1 Å². The number of halogens is 1. The number of aryl methyl sites for hydroxylation is 2. The summed E-state index contributed by atoms with van der Waals surface area (Å²) in [5.41, 5.74) is 4.03. The second-order valence-electron chi connectivity index (χ2n) is 6.49. The van der Waals surface area contributed by atoms with Gasteiger partial charge in [0.05, 0.1) is 10.6 Å². The maximum absolute atomic E-state index is 12.6. The maximum Gasteiger partial charge on any atom is 0.255 e. The van der Waals surface area contributed by atoms with Gasteiger partial charge in [0.25, 0.3) is 5.91 Å². The number of nitrogens with one attached hydrogen (secondary N) is 1. The summed E-state index contributed by atoms with van der Waals surface area (Å²) < 4.78 is 0. The van der Waals surface area contributed by atoms with Crippen molar-refractivity contribution in [2.75, 3.05) is 31.5 Å². The Bertz CT molecular complexity index is 832. The molecule has 2 aromatic rings. The molecule has 1 aliphatic heterocycles. The zero-order chi connectivity index (χ0) is 18.7. The number of carbonyl (C=O) groups excluding carboxylic acids is 1. The molecule has 0 aromatic heterocycles. The van der Waals surface area contributed by atoms with E-state index < -0.39 is 0 Å². The zero-order valence-corrected chi connectivity index (χ0v) is 16.5. The Morgan fingerprint density at radius 2 is 1.65 bits per heavy atom. The van der Waals surface area contributed by atoms with E-state index in [4.69, 9.17) is 23.8 Å². The van der Waals surface area contributed by atoms with Crippen molar-refractivity contribution in [1.29, 1.82) is 0 Å². The minimum Gasteiger partial charge on any atom is -0.345 e. The lowest BCUT2D eigenvalue weighted by molar-refractivity contribution is 0.0693. The van der Waals surface area contributed by atoms with E-state index in [0.29, 0.717) is 41.9 Å². The Morgan fingerprint density at radius 3 is 2.31 bits per heavy atom. The van der Waals surface area contributed by atoms with Crippen LogP contribution in [-0.2, 0) is 0 Å². The van der Waals surface area contributed by atoms with Crippen molar-refractivity contribution in [2.24, 2.45) is 0 Å². The van der Waals surface area contributed by atoms with E-state index in [1.54, 1.807) is 12.1 Å². The lowest BCUT2D eigenvalue weighted by Crippen LogP contribution is -2.51. The van der Waals surface area contributed by atoms with Crippen molar-refractivity contribution in [2.45, 2.75) is 13.8 Å². The number of anilines is 1. The highest BCUT2D eigenvalue weighted by atomic mass is 35.5. The van der Waals surface area contributed by atoms with E-state index in [1.807, 2.05) is 23.1 Å². The second kappa shape index (κ2) is 8.06. The Balaban J connectivity index is 1.57. The topological polar surface area (TPSA) is 35.6 Å². The van der Waals surface area contributed by atoms with Crippen LogP contribution in [0.5, 0.6) is 0 Å². The predicted octanol–water partition coefficient (Wildman–Crippen LogP) is 4.11. The van der Waals surface area contributed by atoms with Crippen molar-refractivity contribution in [3.63, 3.8) is 0 Å². The van der Waals surface area contributed by atoms with Crippen LogP contribution in [0.15, 0.2) is 42.5 Å². The molecule has 2 aromatic carbocycles. The molecule has 1 saturated heterocycles. The summed E-state index contributed by atoms with van der Waals surface area (Å²) in [5, 5.41) is 4.48. The largest absolute Gasteiger partial charge is 0.345 e. The molecular weight excluding hydrogens is 366 g/mol. The van der Waals surface area contributed by atoms with Crippen molar-refractivity contribution in [3.05, 3.63) is 64.2 Å². The average Bonchev–Trinajstić information content (AvgIpc) is 2.65. The molecule has 6 heteroatoms. The number of carbonyl (C=O) groups is 1. The molecule has 4 nitrogen and oxygen atoms in total. The molecule has 136 valence electrons. The van der Waals surface area contributed by atoms with Crippen molar-refractivity contribution >= 4 is 40.5 Å². The molecule has 1 amide bonds. The van der Waals surface area contributed by atoms with Crippen molar-refractivity contribution in [3.8, 4) is 0 Å². The molecule has 1 fully saturated rings. The van der Waals surface area contributed by atoms with Gasteiger partial charge in [0.2, 0.25) is 0 Å². The highest BCUT2D eigenvalue weighted by Crippen LogP contribution is 2.19. The summed E-state index contributed by atoms with van der Waals surface area (Å²) in [6, 6.07) is 13.4. The van der Waals surface area contributed by atoms with Crippen molar-refractivity contribution in [1.82, 2.24) is 9.80 Å². The Kier molecular flexibility index (Phi) is 5.79. The van der Waals surface area contributed by atoms with Gasteiger partial charge in [0, 0.05) is 31.9 Å². The number of benzene rings is 2. The number of nitrogens with zero attached hydrogens (tertiary/aromatic N) is 2. The smallest absolute Gasteiger partial charge is 0.255 e. The average molecular weight is 388 g/mol. The van der Waals surface area contributed by atoms with Gasteiger partial charge in [-0.05, 0) is 61.5 Å². The molecule has 0 aliphatic carbocycles. The Hall–Kier alpha value is -2.11. The fourth-order valence-electron chi connectivity index (χ4n) is 2.94. The number of piperazine rings is 1. The standard InChI is InChI=1S/C20H22ClN3OS/c1-14-7-8-16(13-15(14)2)22-20(26)24-11-9-23(10-12-24)19(25)17-5-3-4-6-18(17)21/h3-8,13H,9-12H2,1-2H3,(H,22,26). The van der Waals surface area contributed by atoms with Gasteiger partial charge in [0.15, 0.2) is 5.11 Å². The Morgan fingerprint density at radius 1 is 1.00 bits per heavy atom. The van der Waals surface area contributed by atoms with Crippen LogP contribution in [0.3, 0.4) is 0 Å². The van der Waals surface area contributed by atoms with Gasteiger partial charge in [-0.2, -0.15) is 0 Å². The first-order valence-corrected chi connectivity index (χ1v) is 9.41. The first kappa shape index (κ1) is 18.7. The van der Waals surface area contributed by atoms with Crippen LogP contribution in [0.4, 0.5) is 5.69 Å². The molecule has 3 rings (SSSR count). The van der Waals surface area contributed by atoms with Gasteiger partial charge in [0.1, 0.15) is 0 Å². The quantitative estimate of drug-likeness (QED) is 0.786. The first-order chi connectivity index (χ1) is 12.5. The molecule has 0 atom stereocenters. The summed E-state index contributed by atoms with van der Waals surface area (Å²) in [6.45, 7) is 6.83. The van der Waals surface area contributed by atoms with Gasteiger partial charge in [-0.1, -0.05) is 29.8 Å². The third-order valence-electron chi connectivity index (χ3n) is 4.72. The molecule has 26 heavy (non-hydrogen) atoms. The number of rotatable bonds is 2. The summed E-state index contributed by atoms with van der Waals surface area (Å²) >= 11 is 11.7. The molecule has 0 bridgehead atoms. The van der Waals surface area contributed by atoms with Gasteiger partial charge in [-0.25, -0.2) is 0 Å². The number of hydrogen-bond acceptors (Lipinski definition) is 2. The van der Waals surface area contributed by atoms with Crippen molar-refractivity contribution < 1.29 is 4.79 Å². The molecule has 1 N–H and O–H groups in total. The monoisotopic (exact) mass is 387 g/mol. The lowest BCUT2D eigenvalue weighted by Gasteiger charge is -2.36. The summed E-state index contributed by atoms with van der Waals surface area (Å²) in [5.74, 6) is -0.0247. The fraction of sp³-hybridized carbons (Fsp3) is 0.300. The maximum atomic E-state index is 12.6. The highest BCUT2D eigenvalue weighted by molar-refractivity contribution is 7.80. The molecule has 0 unspecified atom stereocenters. The SMILES string of the molecule is Cc1ccc(NC(=S)N2CCN(C(=O)c3ccccc3Cl)CC2)cc1C. The summed E-state index contributed by atoms with van der Waals surface area (Å²) in [4.78, 5) is 16.6. The third-order valence-corrected chi connectivity index (χ3v) is 5.41. The number of amides is 1. The van der Waals surface area contributed by atoms with Crippen LogP contribution in [0.2, 0.25) is 5.02 Å². The molecule has 1 aliphatic rings. The molecule has 0 radical (unpaired) electrons. The van der Waals surface area contributed by atoms with Crippen LogP contribution in [0, 0.1) is 13.8 Å². The minimum absolute atomic E-state index is 0.0247. The minimum atomic E-state index is -0.0247. The van der Waals surface area contributed by atoms with Crippen LogP contribution in [0.25, 0.3) is 0 Å². The zero-order valence-electron chi connectivity index (χ0n) is 15.0. The van der Waals surface area contributed by atoms with Crippen LogP contribution in [0.1, 0.15) is 21.5 Å². The molecule has 0 saturated carbocycles. The second-order valence-corrected chi connectivity index (χ2v) is 7.28. The molecular formula is C20H22ClN3OS. The van der Waals surface area contributed by atoms with Gasteiger partial charge in [-0.3, -0.25) is 4.79 Å². The predicted molar refractivity (Wildman–Crippen MR) is 111 cm³/mol. The van der Waals surface area contributed by atoms with Crippen LogP contribution < -0.4 is 5.32 Å². The molecule has 1 heterocycles. The van der Waals surface area contributed by atoms with Crippen LogP contribution >= 0.6 is 23.8 Å². The van der Waals surface area contributed by atoms with E-state index in [0.717, 1.165) is 5.69 Å². The normalized spacial score (nSPS) is 14.3. The molecule has 0 spiro atoms. The summed E-state index contributed by atoms with van der Waals surface area (Å²) in [6.07, 6.45) is 0. The van der Waals surface area contributed by atoms with E-state index in [1.165, 1.54) is 11.1 Å². The van der Waals surface area contributed by atoms with Gasteiger partial charge >= 0.3 is 0 Å². The third kappa shape index (κ3) is 4.17. The fourth-order valence-corrected chi connectivity index (χ4v) is 3.46. The van der Waals surface area contributed by atoms with E-state index in [9.17, 15) is 4.79 Å². The van der Waals surface area contributed by atoms with E-state index in [2.05, 4.69) is 36.2 Å². The highest BCUT2D eigenvalue weighted by Gasteiger charge is 2.24.